The molecule has 0 bridgehead atoms. The molecule has 19 heavy (non-hydrogen) atoms. The van der Waals surface area contributed by atoms with Gasteiger partial charge in [0.05, 0.1) is 4.92 Å². The zero-order valence-electron chi connectivity index (χ0n) is 11.3. The van der Waals surface area contributed by atoms with Crippen LogP contribution in [0.4, 0.5) is 11.4 Å². The topological polar surface area (TPSA) is 81.2 Å². The first kappa shape index (κ1) is 13.8. The fourth-order valence-corrected chi connectivity index (χ4v) is 2.95. The predicted octanol–water partition coefficient (Wildman–Crippen LogP) is 2.83. The Kier molecular flexibility index (Phi) is 4.37. The standard InChI is InChI=1S/C14H21N3O2/c1-10-5-4-8-12(14(10)17(18)19)16-13(9-15)11-6-2-3-7-11/h4-5,8,11,13,16H,2-3,6-7,9,15H2,1H3. The summed E-state index contributed by atoms with van der Waals surface area (Å²) >= 11 is 0. The molecule has 0 aromatic heterocycles. The fourth-order valence-electron chi connectivity index (χ4n) is 2.95. The largest absolute Gasteiger partial charge is 0.375 e. The van der Waals surface area contributed by atoms with Crippen LogP contribution in [0.5, 0.6) is 0 Å². The van der Waals surface area contributed by atoms with Crippen LogP contribution in [0.3, 0.4) is 0 Å². The molecule has 1 aromatic rings. The summed E-state index contributed by atoms with van der Waals surface area (Å²) in [7, 11) is 0. The maximum absolute atomic E-state index is 11.2. The molecule has 0 saturated heterocycles. The smallest absolute Gasteiger partial charge is 0.295 e. The predicted molar refractivity (Wildman–Crippen MR) is 76.3 cm³/mol. The number of benzene rings is 1. The van der Waals surface area contributed by atoms with Gasteiger partial charge in [-0.25, -0.2) is 0 Å². The Morgan fingerprint density at radius 3 is 2.74 bits per heavy atom. The average Bonchev–Trinajstić information content (AvgIpc) is 2.89. The van der Waals surface area contributed by atoms with Gasteiger partial charge in [-0.1, -0.05) is 25.0 Å². The summed E-state index contributed by atoms with van der Waals surface area (Å²) in [6, 6.07) is 5.49. The van der Waals surface area contributed by atoms with Gasteiger partial charge in [0.2, 0.25) is 0 Å². The zero-order chi connectivity index (χ0) is 13.8. The van der Waals surface area contributed by atoms with Gasteiger partial charge in [-0.05, 0) is 31.7 Å². The van der Waals surface area contributed by atoms with Crippen molar-refractivity contribution >= 4 is 11.4 Å². The second-order valence-corrected chi connectivity index (χ2v) is 5.26. The van der Waals surface area contributed by atoms with E-state index < -0.39 is 0 Å². The van der Waals surface area contributed by atoms with Crippen molar-refractivity contribution in [3.05, 3.63) is 33.9 Å². The number of nitrogens with two attached hydrogens (primary N) is 1. The van der Waals surface area contributed by atoms with Crippen molar-refractivity contribution in [1.29, 1.82) is 0 Å². The summed E-state index contributed by atoms with van der Waals surface area (Å²) in [5, 5.41) is 14.5. The second-order valence-electron chi connectivity index (χ2n) is 5.26. The van der Waals surface area contributed by atoms with Gasteiger partial charge in [-0.3, -0.25) is 10.1 Å². The van der Waals surface area contributed by atoms with E-state index in [9.17, 15) is 10.1 Å². The molecule has 0 spiro atoms. The first-order valence-corrected chi connectivity index (χ1v) is 6.84. The highest BCUT2D eigenvalue weighted by Gasteiger charge is 2.26. The number of anilines is 1. The van der Waals surface area contributed by atoms with Crippen LogP contribution in [0.2, 0.25) is 0 Å². The summed E-state index contributed by atoms with van der Waals surface area (Å²) in [5.74, 6) is 0.533. The monoisotopic (exact) mass is 263 g/mol. The molecule has 1 aliphatic carbocycles. The van der Waals surface area contributed by atoms with E-state index in [1.807, 2.05) is 6.07 Å². The number of hydrogen-bond donors (Lipinski definition) is 2. The molecule has 1 fully saturated rings. The number of nitrogens with zero attached hydrogens (tertiary/aromatic N) is 1. The van der Waals surface area contributed by atoms with Crippen LogP contribution in [0.25, 0.3) is 0 Å². The second kappa shape index (κ2) is 6.02. The highest BCUT2D eigenvalue weighted by Crippen LogP contribution is 2.33. The number of rotatable bonds is 5. The van der Waals surface area contributed by atoms with E-state index in [-0.39, 0.29) is 16.7 Å². The Morgan fingerprint density at radius 1 is 1.47 bits per heavy atom. The van der Waals surface area contributed by atoms with Gasteiger partial charge in [0.25, 0.3) is 5.69 Å². The number of hydrogen-bond acceptors (Lipinski definition) is 4. The quantitative estimate of drug-likeness (QED) is 0.632. The van der Waals surface area contributed by atoms with Gasteiger partial charge in [-0.15, -0.1) is 0 Å². The lowest BCUT2D eigenvalue weighted by Crippen LogP contribution is -2.35. The van der Waals surface area contributed by atoms with E-state index in [1.165, 1.54) is 12.8 Å². The summed E-state index contributed by atoms with van der Waals surface area (Å²) in [5.41, 5.74) is 7.27. The van der Waals surface area contributed by atoms with Crippen LogP contribution in [-0.4, -0.2) is 17.5 Å². The summed E-state index contributed by atoms with van der Waals surface area (Å²) < 4.78 is 0. The van der Waals surface area contributed by atoms with Crippen molar-refractivity contribution in [1.82, 2.24) is 0 Å². The maximum atomic E-state index is 11.2. The first-order valence-electron chi connectivity index (χ1n) is 6.84. The molecule has 1 unspecified atom stereocenters. The molecule has 0 aliphatic heterocycles. The van der Waals surface area contributed by atoms with E-state index in [0.29, 0.717) is 23.7 Å². The third-order valence-electron chi connectivity index (χ3n) is 3.98. The maximum Gasteiger partial charge on any atom is 0.295 e. The summed E-state index contributed by atoms with van der Waals surface area (Å²) in [4.78, 5) is 10.8. The van der Waals surface area contributed by atoms with Crippen molar-refractivity contribution in [2.75, 3.05) is 11.9 Å². The van der Waals surface area contributed by atoms with E-state index in [0.717, 1.165) is 12.8 Å². The molecule has 0 heterocycles. The summed E-state index contributed by atoms with van der Waals surface area (Å²) in [6.45, 7) is 2.27. The van der Waals surface area contributed by atoms with Crippen molar-refractivity contribution in [2.24, 2.45) is 11.7 Å². The molecular formula is C14H21N3O2. The molecule has 5 heteroatoms. The lowest BCUT2D eigenvalue weighted by atomic mass is 9.97. The molecule has 104 valence electrons. The van der Waals surface area contributed by atoms with Gasteiger partial charge in [0.1, 0.15) is 5.69 Å². The number of nitro benzene ring substituents is 1. The first-order chi connectivity index (χ1) is 9.13. The molecule has 1 saturated carbocycles. The number of aryl methyl sites for hydroxylation is 1. The Labute approximate surface area is 113 Å². The minimum atomic E-state index is -0.320. The van der Waals surface area contributed by atoms with E-state index >= 15 is 0 Å². The van der Waals surface area contributed by atoms with Crippen LogP contribution in [-0.2, 0) is 0 Å². The van der Waals surface area contributed by atoms with Crippen LogP contribution < -0.4 is 11.1 Å². The van der Waals surface area contributed by atoms with Crippen molar-refractivity contribution < 1.29 is 4.92 Å². The Bertz CT molecular complexity index is 456. The molecule has 3 N–H and O–H groups in total. The molecule has 0 amide bonds. The molecule has 1 aromatic carbocycles. The fraction of sp³-hybridized carbons (Fsp3) is 0.571. The summed E-state index contributed by atoms with van der Waals surface area (Å²) in [6.07, 6.45) is 4.79. The number of para-hydroxylation sites is 1. The van der Waals surface area contributed by atoms with Crippen molar-refractivity contribution in [3.8, 4) is 0 Å². The third kappa shape index (κ3) is 3.04. The average molecular weight is 263 g/mol. The van der Waals surface area contributed by atoms with Crippen LogP contribution in [0, 0.1) is 23.0 Å². The van der Waals surface area contributed by atoms with Crippen LogP contribution in [0.1, 0.15) is 31.2 Å². The highest BCUT2D eigenvalue weighted by molar-refractivity contribution is 5.65. The minimum absolute atomic E-state index is 0.128. The zero-order valence-corrected chi connectivity index (χ0v) is 11.3. The lowest BCUT2D eigenvalue weighted by molar-refractivity contribution is -0.384. The van der Waals surface area contributed by atoms with E-state index in [1.54, 1.807) is 19.1 Å². The molecule has 1 aliphatic rings. The molecule has 0 radical (unpaired) electrons. The molecular weight excluding hydrogens is 242 g/mol. The van der Waals surface area contributed by atoms with Crippen molar-refractivity contribution in [2.45, 2.75) is 38.6 Å². The SMILES string of the molecule is Cc1cccc(NC(CN)C2CCCC2)c1[N+](=O)[O-]. The van der Waals surface area contributed by atoms with Crippen LogP contribution >= 0.6 is 0 Å². The third-order valence-corrected chi connectivity index (χ3v) is 3.98. The van der Waals surface area contributed by atoms with E-state index in [2.05, 4.69) is 5.32 Å². The van der Waals surface area contributed by atoms with Crippen molar-refractivity contribution in [3.63, 3.8) is 0 Å². The van der Waals surface area contributed by atoms with Gasteiger partial charge in [0.15, 0.2) is 0 Å². The Balaban J connectivity index is 2.21. The lowest BCUT2D eigenvalue weighted by Gasteiger charge is -2.24. The molecule has 5 nitrogen and oxygen atoms in total. The molecule has 1 atom stereocenters. The minimum Gasteiger partial charge on any atom is -0.375 e. The van der Waals surface area contributed by atoms with Gasteiger partial charge in [-0.2, -0.15) is 0 Å². The Morgan fingerprint density at radius 2 is 2.16 bits per heavy atom. The normalized spacial score (nSPS) is 17.4. The number of nitrogens with one attached hydrogen (secondary N) is 1. The van der Waals surface area contributed by atoms with Gasteiger partial charge < -0.3 is 11.1 Å². The Hall–Kier alpha value is -1.62. The number of nitro groups is 1. The van der Waals surface area contributed by atoms with E-state index in [4.69, 9.17) is 5.73 Å². The van der Waals surface area contributed by atoms with Gasteiger partial charge in [0, 0.05) is 18.2 Å². The molecule has 2 rings (SSSR count). The van der Waals surface area contributed by atoms with Crippen LogP contribution in [0.15, 0.2) is 18.2 Å². The van der Waals surface area contributed by atoms with Gasteiger partial charge >= 0.3 is 0 Å². The highest BCUT2D eigenvalue weighted by atomic mass is 16.6.